The fraction of sp³-hybridized carbons (Fsp3) is 0.364. The van der Waals surface area contributed by atoms with Gasteiger partial charge >= 0.3 is 0 Å². The Labute approximate surface area is 88.6 Å². The number of hydrogen-bond donors (Lipinski definition) is 3. The molecule has 4 nitrogen and oxygen atoms in total. The van der Waals surface area contributed by atoms with Gasteiger partial charge in [-0.2, -0.15) is 0 Å². The van der Waals surface area contributed by atoms with E-state index in [1.165, 1.54) is 0 Å². The maximum atomic E-state index is 11.4. The summed E-state index contributed by atoms with van der Waals surface area (Å²) < 4.78 is 0. The van der Waals surface area contributed by atoms with Gasteiger partial charge in [0.15, 0.2) is 6.10 Å². The van der Waals surface area contributed by atoms with E-state index in [-0.39, 0.29) is 12.6 Å². The smallest absolute Gasteiger partial charge is 0.253 e. The quantitative estimate of drug-likeness (QED) is 0.664. The van der Waals surface area contributed by atoms with Crippen LogP contribution in [0.25, 0.3) is 0 Å². The number of carbonyl (C=O) groups is 1. The predicted molar refractivity (Wildman–Crippen MR) is 56.1 cm³/mol. The van der Waals surface area contributed by atoms with Crippen molar-refractivity contribution in [2.75, 3.05) is 6.61 Å². The summed E-state index contributed by atoms with van der Waals surface area (Å²) in [5.74, 6) is -0.497. The molecule has 1 aromatic rings. The van der Waals surface area contributed by atoms with Crippen LogP contribution in [-0.2, 0) is 4.79 Å². The molecule has 4 heteroatoms. The second-order valence-corrected chi connectivity index (χ2v) is 3.41. The van der Waals surface area contributed by atoms with Gasteiger partial charge in [0.25, 0.3) is 5.91 Å². The predicted octanol–water partition coefficient (Wildman–Crippen LogP) is 0.217. The average molecular weight is 209 g/mol. The second-order valence-electron chi connectivity index (χ2n) is 3.41. The average Bonchev–Trinajstić information content (AvgIpc) is 2.29. The summed E-state index contributed by atoms with van der Waals surface area (Å²) in [6.45, 7) is 1.52. The number of benzene rings is 1. The first-order chi connectivity index (χ1) is 7.15. The molecule has 0 spiro atoms. The van der Waals surface area contributed by atoms with Gasteiger partial charge in [-0.25, -0.2) is 0 Å². The maximum absolute atomic E-state index is 11.4. The Kier molecular flexibility index (Phi) is 4.27. The monoisotopic (exact) mass is 209 g/mol. The van der Waals surface area contributed by atoms with Crippen molar-refractivity contribution in [1.29, 1.82) is 0 Å². The van der Waals surface area contributed by atoms with Crippen LogP contribution in [0.15, 0.2) is 30.3 Å². The van der Waals surface area contributed by atoms with Crippen LogP contribution in [0.4, 0.5) is 0 Å². The highest BCUT2D eigenvalue weighted by atomic mass is 16.3. The van der Waals surface area contributed by atoms with Gasteiger partial charge in [0.1, 0.15) is 0 Å². The van der Waals surface area contributed by atoms with Gasteiger partial charge in [-0.05, 0) is 12.5 Å². The number of carbonyl (C=O) groups excluding carboxylic acids is 1. The van der Waals surface area contributed by atoms with E-state index in [2.05, 4.69) is 5.32 Å². The lowest BCUT2D eigenvalue weighted by atomic mass is 10.1. The minimum absolute atomic E-state index is 0.146. The van der Waals surface area contributed by atoms with Crippen molar-refractivity contribution >= 4 is 5.91 Å². The molecule has 0 aromatic heterocycles. The topological polar surface area (TPSA) is 69.6 Å². The molecule has 0 bridgehead atoms. The summed E-state index contributed by atoms with van der Waals surface area (Å²) in [4.78, 5) is 11.4. The van der Waals surface area contributed by atoms with Crippen LogP contribution in [0.1, 0.15) is 18.6 Å². The summed E-state index contributed by atoms with van der Waals surface area (Å²) in [7, 11) is 0. The van der Waals surface area contributed by atoms with Gasteiger partial charge in [0, 0.05) is 6.04 Å². The maximum Gasteiger partial charge on any atom is 0.253 e. The van der Waals surface area contributed by atoms with E-state index >= 15 is 0 Å². The molecule has 2 atom stereocenters. The van der Waals surface area contributed by atoms with E-state index in [4.69, 9.17) is 5.11 Å². The first kappa shape index (κ1) is 11.7. The summed E-state index contributed by atoms with van der Waals surface area (Å²) in [6.07, 6.45) is -1.18. The van der Waals surface area contributed by atoms with Gasteiger partial charge < -0.3 is 15.5 Å². The number of nitrogens with one attached hydrogen (secondary N) is 1. The minimum atomic E-state index is -1.18. The summed E-state index contributed by atoms with van der Waals surface area (Å²) >= 11 is 0. The van der Waals surface area contributed by atoms with E-state index in [1.807, 2.05) is 6.07 Å². The molecule has 0 aliphatic carbocycles. The van der Waals surface area contributed by atoms with Crippen molar-refractivity contribution in [3.8, 4) is 0 Å². The molecular formula is C11H15NO3. The third-order valence-corrected chi connectivity index (χ3v) is 2.03. The number of hydrogen-bond acceptors (Lipinski definition) is 3. The molecule has 3 N–H and O–H groups in total. The van der Waals surface area contributed by atoms with Crippen molar-refractivity contribution in [3.63, 3.8) is 0 Å². The van der Waals surface area contributed by atoms with Gasteiger partial charge in [0.2, 0.25) is 0 Å². The molecule has 0 saturated carbocycles. The Morgan fingerprint density at radius 3 is 2.53 bits per heavy atom. The zero-order chi connectivity index (χ0) is 11.3. The van der Waals surface area contributed by atoms with Crippen LogP contribution in [0.3, 0.4) is 0 Å². The molecule has 1 rings (SSSR count). The van der Waals surface area contributed by atoms with E-state index in [0.717, 1.165) is 0 Å². The molecule has 0 heterocycles. The summed E-state index contributed by atoms with van der Waals surface area (Å²) in [5.41, 5.74) is 0.542. The zero-order valence-electron chi connectivity index (χ0n) is 8.55. The van der Waals surface area contributed by atoms with Crippen LogP contribution < -0.4 is 5.32 Å². The molecule has 0 aliphatic rings. The Balaban J connectivity index is 2.61. The molecule has 0 unspecified atom stereocenters. The Bertz CT molecular complexity index is 313. The number of aliphatic hydroxyl groups is 2. The molecule has 0 saturated heterocycles. The third-order valence-electron chi connectivity index (χ3n) is 2.03. The highest BCUT2D eigenvalue weighted by Crippen LogP contribution is 2.11. The second kappa shape index (κ2) is 5.48. The summed E-state index contributed by atoms with van der Waals surface area (Å²) in [5, 5.41) is 20.9. The largest absolute Gasteiger partial charge is 0.394 e. The molecule has 0 fully saturated rings. The number of aliphatic hydroxyl groups excluding tert-OH is 2. The Morgan fingerprint density at radius 2 is 2.00 bits per heavy atom. The number of rotatable bonds is 4. The van der Waals surface area contributed by atoms with E-state index in [9.17, 15) is 9.90 Å². The van der Waals surface area contributed by atoms with Crippen LogP contribution in [-0.4, -0.2) is 28.8 Å². The molecule has 1 aromatic carbocycles. The third kappa shape index (κ3) is 3.34. The SMILES string of the molecule is C[C@H](CO)NC(=O)[C@@H](O)c1ccccc1. The summed E-state index contributed by atoms with van der Waals surface area (Å²) in [6, 6.07) is 8.31. The highest BCUT2D eigenvalue weighted by molar-refractivity contribution is 5.82. The fourth-order valence-corrected chi connectivity index (χ4v) is 1.15. The number of amides is 1. The van der Waals surface area contributed by atoms with Gasteiger partial charge in [0.05, 0.1) is 6.61 Å². The molecule has 82 valence electrons. The molecule has 15 heavy (non-hydrogen) atoms. The van der Waals surface area contributed by atoms with Crippen molar-refractivity contribution in [3.05, 3.63) is 35.9 Å². The Hall–Kier alpha value is -1.39. The lowest BCUT2D eigenvalue weighted by Crippen LogP contribution is -2.38. The van der Waals surface area contributed by atoms with E-state index in [0.29, 0.717) is 5.56 Å². The van der Waals surface area contributed by atoms with Crippen molar-refractivity contribution in [2.45, 2.75) is 19.1 Å². The Morgan fingerprint density at radius 1 is 1.40 bits per heavy atom. The van der Waals surface area contributed by atoms with Gasteiger partial charge in [-0.3, -0.25) is 4.79 Å². The van der Waals surface area contributed by atoms with Crippen LogP contribution in [0.2, 0.25) is 0 Å². The molecular weight excluding hydrogens is 194 g/mol. The molecule has 0 aliphatic heterocycles. The lowest BCUT2D eigenvalue weighted by molar-refractivity contribution is -0.130. The van der Waals surface area contributed by atoms with E-state index in [1.54, 1.807) is 31.2 Å². The normalized spacial score (nSPS) is 14.3. The first-order valence-corrected chi connectivity index (χ1v) is 4.79. The van der Waals surface area contributed by atoms with Crippen molar-refractivity contribution < 1.29 is 15.0 Å². The standard InChI is InChI=1S/C11H15NO3/c1-8(7-13)12-11(15)10(14)9-5-3-2-4-6-9/h2-6,8,10,13-14H,7H2,1H3,(H,12,15)/t8-,10+/m1/s1. The van der Waals surface area contributed by atoms with Crippen LogP contribution >= 0.6 is 0 Å². The van der Waals surface area contributed by atoms with E-state index < -0.39 is 12.0 Å². The highest BCUT2D eigenvalue weighted by Gasteiger charge is 2.17. The first-order valence-electron chi connectivity index (χ1n) is 4.79. The van der Waals surface area contributed by atoms with Gasteiger partial charge in [-0.15, -0.1) is 0 Å². The fourth-order valence-electron chi connectivity index (χ4n) is 1.15. The molecule has 1 amide bonds. The van der Waals surface area contributed by atoms with Crippen molar-refractivity contribution in [2.24, 2.45) is 0 Å². The van der Waals surface area contributed by atoms with Gasteiger partial charge in [-0.1, -0.05) is 30.3 Å². The van der Waals surface area contributed by atoms with Crippen molar-refractivity contribution in [1.82, 2.24) is 5.32 Å². The lowest BCUT2D eigenvalue weighted by Gasteiger charge is -2.15. The minimum Gasteiger partial charge on any atom is -0.394 e. The van der Waals surface area contributed by atoms with Crippen LogP contribution in [0, 0.1) is 0 Å². The van der Waals surface area contributed by atoms with Crippen LogP contribution in [0.5, 0.6) is 0 Å². The zero-order valence-corrected chi connectivity index (χ0v) is 8.55. The molecule has 0 radical (unpaired) electrons.